The van der Waals surface area contributed by atoms with Crippen molar-refractivity contribution >= 4 is 10.2 Å². The van der Waals surface area contributed by atoms with Crippen LogP contribution in [-0.2, 0) is 10.2 Å². The summed E-state index contributed by atoms with van der Waals surface area (Å²) >= 11 is 0. The van der Waals surface area contributed by atoms with E-state index in [-0.39, 0.29) is 5.54 Å². The minimum atomic E-state index is -3.19. The van der Waals surface area contributed by atoms with Gasteiger partial charge in [-0.2, -0.15) is 17.0 Å². The van der Waals surface area contributed by atoms with Gasteiger partial charge in [-0.15, -0.1) is 0 Å². The summed E-state index contributed by atoms with van der Waals surface area (Å²) in [6.45, 7) is 2.41. The van der Waals surface area contributed by atoms with Crippen LogP contribution in [0.2, 0.25) is 0 Å². The van der Waals surface area contributed by atoms with Crippen molar-refractivity contribution in [3.63, 3.8) is 0 Å². The summed E-state index contributed by atoms with van der Waals surface area (Å²) in [5, 5.41) is 0. The van der Waals surface area contributed by atoms with Crippen LogP contribution in [0.15, 0.2) is 0 Å². The second-order valence-electron chi connectivity index (χ2n) is 5.39. The van der Waals surface area contributed by atoms with Crippen molar-refractivity contribution in [1.29, 1.82) is 0 Å². The third-order valence-electron chi connectivity index (χ3n) is 4.05. The van der Waals surface area contributed by atoms with Gasteiger partial charge in [0, 0.05) is 31.7 Å². The first kappa shape index (κ1) is 11.0. The summed E-state index contributed by atoms with van der Waals surface area (Å²) in [7, 11) is -3.19. The Morgan fingerprint density at radius 3 is 2.12 bits per heavy atom. The molecule has 2 N–H and O–H groups in total. The standard InChI is InChI=1S/C10H19N3O2S/c11-10(9-3-4-9)7-13(8-10)16(14,15)12-5-1-2-6-12/h9H,1-8,11H2. The van der Waals surface area contributed by atoms with Gasteiger partial charge in [-0.3, -0.25) is 0 Å². The van der Waals surface area contributed by atoms with E-state index >= 15 is 0 Å². The zero-order valence-electron chi connectivity index (χ0n) is 9.43. The molecule has 3 rings (SSSR count). The molecule has 0 bridgehead atoms. The highest BCUT2D eigenvalue weighted by atomic mass is 32.2. The Morgan fingerprint density at radius 2 is 1.62 bits per heavy atom. The highest BCUT2D eigenvalue weighted by molar-refractivity contribution is 7.86. The van der Waals surface area contributed by atoms with Crippen molar-refractivity contribution in [1.82, 2.24) is 8.61 Å². The average molecular weight is 245 g/mol. The molecule has 3 fully saturated rings. The van der Waals surface area contributed by atoms with Crippen molar-refractivity contribution < 1.29 is 8.42 Å². The first-order valence-corrected chi connectivity index (χ1v) is 7.46. The van der Waals surface area contributed by atoms with Gasteiger partial charge >= 0.3 is 0 Å². The lowest BCUT2D eigenvalue weighted by Gasteiger charge is -2.48. The smallest absolute Gasteiger partial charge is 0.282 e. The molecule has 0 amide bonds. The summed E-state index contributed by atoms with van der Waals surface area (Å²) < 4.78 is 27.4. The molecular weight excluding hydrogens is 226 g/mol. The van der Waals surface area contributed by atoms with Gasteiger partial charge in [-0.05, 0) is 31.6 Å². The van der Waals surface area contributed by atoms with Gasteiger partial charge in [-0.1, -0.05) is 0 Å². The van der Waals surface area contributed by atoms with Crippen molar-refractivity contribution in [2.45, 2.75) is 31.2 Å². The molecule has 0 aromatic heterocycles. The second kappa shape index (κ2) is 3.41. The van der Waals surface area contributed by atoms with Crippen LogP contribution < -0.4 is 5.73 Å². The maximum atomic E-state index is 12.1. The first-order valence-electron chi connectivity index (χ1n) is 6.06. The molecule has 0 spiro atoms. The molecule has 2 heterocycles. The fourth-order valence-electron chi connectivity index (χ4n) is 2.77. The molecule has 5 nitrogen and oxygen atoms in total. The lowest BCUT2D eigenvalue weighted by atomic mass is 9.88. The second-order valence-corrected chi connectivity index (χ2v) is 7.32. The van der Waals surface area contributed by atoms with E-state index < -0.39 is 10.2 Å². The topological polar surface area (TPSA) is 66.6 Å². The Bertz CT molecular complexity index is 379. The molecule has 16 heavy (non-hydrogen) atoms. The number of rotatable bonds is 3. The number of hydrogen-bond acceptors (Lipinski definition) is 3. The van der Waals surface area contributed by atoms with Gasteiger partial charge in [0.1, 0.15) is 0 Å². The van der Waals surface area contributed by atoms with Crippen molar-refractivity contribution in [2.24, 2.45) is 11.7 Å². The number of hydrogen-bond donors (Lipinski definition) is 1. The lowest BCUT2D eigenvalue weighted by Crippen LogP contribution is -2.71. The van der Waals surface area contributed by atoms with E-state index in [0.717, 1.165) is 12.8 Å². The molecule has 3 aliphatic rings. The monoisotopic (exact) mass is 245 g/mol. The fourth-order valence-corrected chi connectivity index (χ4v) is 4.63. The Labute approximate surface area is 96.8 Å². The predicted octanol–water partition coefficient (Wildman–Crippen LogP) is -0.250. The van der Waals surface area contributed by atoms with Gasteiger partial charge in [0.15, 0.2) is 0 Å². The molecule has 6 heteroatoms. The molecule has 1 aliphatic carbocycles. The predicted molar refractivity (Wildman–Crippen MR) is 60.9 cm³/mol. The highest BCUT2D eigenvalue weighted by Crippen LogP contribution is 2.44. The molecule has 0 radical (unpaired) electrons. The lowest BCUT2D eigenvalue weighted by molar-refractivity contribution is 0.127. The van der Waals surface area contributed by atoms with E-state index in [9.17, 15) is 8.42 Å². The maximum Gasteiger partial charge on any atom is 0.282 e. The van der Waals surface area contributed by atoms with E-state index in [2.05, 4.69) is 0 Å². The highest BCUT2D eigenvalue weighted by Gasteiger charge is 2.54. The molecule has 0 aromatic rings. The molecule has 92 valence electrons. The van der Waals surface area contributed by atoms with Crippen LogP contribution in [0, 0.1) is 5.92 Å². The molecule has 0 aromatic carbocycles. The van der Waals surface area contributed by atoms with E-state index in [1.807, 2.05) is 0 Å². The summed E-state index contributed by atoms with van der Waals surface area (Å²) in [5.74, 6) is 0.567. The number of nitrogens with two attached hydrogens (primary N) is 1. The molecule has 2 aliphatic heterocycles. The molecule has 0 atom stereocenters. The minimum Gasteiger partial charge on any atom is -0.323 e. The van der Waals surface area contributed by atoms with E-state index in [4.69, 9.17) is 5.73 Å². The zero-order chi connectivity index (χ0) is 11.4. The van der Waals surface area contributed by atoms with Crippen molar-refractivity contribution in [3.05, 3.63) is 0 Å². The van der Waals surface area contributed by atoms with Crippen LogP contribution in [-0.4, -0.2) is 48.7 Å². The van der Waals surface area contributed by atoms with Crippen LogP contribution in [0.25, 0.3) is 0 Å². The summed E-state index contributed by atoms with van der Waals surface area (Å²) in [5.41, 5.74) is 5.95. The van der Waals surface area contributed by atoms with Gasteiger partial charge in [0.05, 0.1) is 0 Å². The summed E-state index contributed by atoms with van der Waals surface area (Å²) in [6, 6.07) is 0. The Balaban J connectivity index is 1.66. The van der Waals surface area contributed by atoms with Gasteiger partial charge in [-0.25, -0.2) is 0 Å². The number of nitrogens with zero attached hydrogens (tertiary/aromatic N) is 2. The Morgan fingerprint density at radius 1 is 1.06 bits per heavy atom. The minimum absolute atomic E-state index is 0.215. The third kappa shape index (κ3) is 1.59. The largest absolute Gasteiger partial charge is 0.323 e. The Kier molecular flexibility index (Phi) is 2.34. The van der Waals surface area contributed by atoms with Gasteiger partial charge in [0.25, 0.3) is 10.2 Å². The Hall–Kier alpha value is -0.170. The van der Waals surface area contributed by atoms with Crippen LogP contribution in [0.5, 0.6) is 0 Å². The van der Waals surface area contributed by atoms with Gasteiger partial charge in [0.2, 0.25) is 0 Å². The van der Waals surface area contributed by atoms with Crippen LogP contribution in [0.3, 0.4) is 0 Å². The summed E-state index contributed by atoms with van der Waals surface area (Å²) in [4.78, 5) is 0. The van der Waals surface area contributed by atoms with Crippen molar-refractivity contribution in [3.8, 4) is 0 Å². The SMILES string of the molecule is NC1(C2CC2)CN(S(=O)(=O)N2CCCC2)C1. The fraction of sp³-hybridized carbons (Fsp3) is 1.00. The quantitative estimate of drug-likeness (QED) is 0.745. The zero-order valence-corrected chi connectivity index (χ0v) is 10.2. The van der Waals surface area contributed by atoms with E-state index in [1.165, 1.54) is 12.8 Å². The molecule has 2 saturated heterocycles. The molecular formula is C10H19N3O2S. The van der Waals surface area contributed by atoms with Crippen LogP contribution in [0.4, 0.5) is 0 Å². The average Bonchev–Trinajstić information content (AvgIpc) is 2.88. The molecule has 1 saturated carbocycles. The van der Waals surface area contributed by atoms with Crippen LogP contribution in [0.1, 0.15) is 25.7 Å². The van der Waals surface area contributed by atoms with E-state index in [0.29, 0.717) is 32.1 Å². The summed E-state index contributed by atoms with van der Waals surface area (Å²) in [6.07, 6.45) is 4.33. The van der Waals surface area contributed by atoms with Crippen LogP contribution >= 0.6 is 0 Å². The molecule has 0 unspecified atom stereocenters. The normalized spacial score (nSPS) is 31.6. The third-order valence-corrected chi connectivity index (χ3v) is 5.98. The van der Waals surface area contributed by atoms with Gasteiger partial charge < -0.3 is 5.73 Å². The van der Waals surface area contributed by atoms with E-state index in [1.54, 1.807) is 8.61 Å². The first-order chi connectivity index (χ1) is 7.52. The van der Waals surface area contributed by atoms with Crippen molar-refractivity contribution in [2.75, 3.05) is 26.2 Å². The maximum absolute atomic E-state index is 12.1.